The van der Waals surface area contributed by atoms with E-state index in [0.29, 0.717) is 37.1 Å². The second-order valence-electron chi connectivity index (χ2n) is 16.5. The molecule has 0 aromatic heterocycles. The number of rotatable bonds is 29. The molecule has 1 fully saturated rings. The molecule has 0 radical (unpaired) electrons. The van der Waals surface area contributed by atoms with E-state index in [1.807, 2.05) is 20.1 Å². The van der Waals surface area contributed by atoms with Crippen LogP contribution in [0.3, 0.4) is 0 Å². The van der Waals surface area contributed by atoms with Gasteiger partial charge in [0.2, 0.25) is 47.3 Å². The lowest BCUT2D eigenvalue weighted by Gasteiger charge is -2.30. The van der Waals surface area contributed by atoms with Crippen LogP contribution in [0.4, 0.5) is 0 Å². The van der Waals surface area contributed by atoms with Crippen LogP contribution in [0.15, 0.2) is 30.3 Å². The lowest BCUT2D eigenvalue weighted by atomic mass is 10.00. The lowest BCUT2D eigenvalue weighted by molar-refractivity contribution is -0.141. The maximum absolute atomic E-state index is 14.0. The highest BCUT2D eigenvalue weighted by molar-refractivity contribution is 7.98. The van der Waals surface area contributed by atoms with E-state index >= 15 is 0 Å². The number of aliphatic hydroxyl groups is 1. The van der Waals surface area contributed by atoms with E-state index in [-0.39, 0.29) is 38.1 Å². The van der Waals surface area contributed by atoms with Crippen molar-refractivity contribution in [2.24, 2.45) is 29.0 Å². The van der Waals surface area contributed by atoms with Crippen LogP contribution in [-0.4, -0.2) is 148 Å². The van der Waals surface area contributed by atoms with Gasteiger partial charge in [0.05, 0.1) is 19.1 Å². The molecule has 1 aromatic rings. The minimum absolute atomic E-state index is 0.0214. The molecule has 22 heteroatoms. The van der Waals surface area contributed by atoms with Gasteiger partial charge in [-0.15, -0.1) is 0 Å². The minimum atomic E-state index is -1.72. The number of hydrogen-bond donors (Lipinski definition) is 11. The fraction of sp³-hybridized carbons (Fsp3) is 0.643. The van der Waals surface area contributed by atoms with Crippen molar-refractivity contribution in [1.29, 1.82) is 0 Å². The van der Waals surface area contributed by atoms with Crippen molar-refractivity contribution in [2.45, 2.75) is 127 Å². The summed E-state index contributed by atoms with van der Waals surface area (Å²) in [5.41, 5.74) is 17.5. The molecule has 64 heavy (non-hydrogen) atoms. The van der Waals surface area contributed by atoms with Gasteiger partial charge in [0, 0.05) is 13.0 Å². The number of nitrogens with two attached hydrogens (primary N) is 3. The quantitative estimate of drug-likeness (QED) is 0.0374. The molecule has 1 aliphatic rings. The van der Waals surface area contributed by atoms with E-state index in [2.05, 4.69) is 31.9 Å². The predicted molar refractivity (Wildman–Crippen MR) is 239 cm³/mol. The van der Waals surface area contributed by atoms with Gasteiger partial charge in [-0.3, -0.25) is 43.2 Å². The van der Waals surface area contributed by atoms with Crippen molar-refractivity contribution < 1.29 is 53.4 Å². The van der Waals surface area contributed by atoms with E-state index in [0.717, 1.165) is 0 Å². The maximum Gasteiger partial charge on any atom is 0.305 e. The fourth-order valence-electron chi connectivity index (χ4n) is 6.91. The van der Waals surface area contributed by atoms with Crippen molar-refractivity contribution in [2.75, 3.05) is 31.7 Å². The summed E-state index contributed by atoms with van der Waals surface area (Å²) >= 11 is 1.48. The third-order valence-corrected chi connectivity index (χ3v) is 11.1. The van der Waals surface area contributed by atoms with Crippen molar-refractivity contribution >= 4 is 65.0 Å². The molecule has 1 unspecified atom stereocenters. The second-order valence-corrected chi connectivity index (χ2v) is 17.5. The molecule has 21 nitrogen and oxygen atoms in total. The summed E-state index contributed by atoms with van der Waals surface area (Å²) in [6, 6.07) is -1.51. The Labute approximate surface area is 378 Å². The van der Waals surface area contributed by atoms with Gasteiger partial charge in [-0.2, -0.15) is 11.8 Å². The number of unbranched alkanes of at least 4 members (excludes halogenated alkanes) is 1. The summed E-state index contributed by atoms with van der Waals surface area (Å²) in [6.45, 7) is 6.58. The molecule has 0 aliphatic carbocycles. The van der Waals surface area contributed by atoms with Crippen LogP contribution in [0.5, 0.6) is 0 Å². The van der Waals surface area contributed by atoms with Crippen LogP contribution < -0.4 is 49.1 Å². The Morgan fingerprint density at radius 2 is 1.39 bits per heavy atom. The van der Waals surface area contributed by atoms with Gasteiger partial charge >= 0.3 is 5.97 Å². The van der Waals surface area contributed by atoms with Crippen molar-refractivity contribution in [3.8, 4) is 0 Å². The molecule has 0 bridgehead atoms. The molecular formula is C42H68N10O11S. The first-order chi connectivity index (χ1) is 30.2. The number of aliphatic hydroxyl groups excluding tert-OH is 1. The summed E-state index contributed by atoms with van der Waals surface area (Å²) < 4.78 is 0. The molecule has 358 valence electrons. The summed E-state index contributed by atoms with van der Waals surface area (Å²) in [5, 5.41) is 34.7. The Bertz CT molecular complexity index is 1750. The molecule has 8 amide bonds. The van der Waals surface area contributed by atoms with Gasteiger partial charge in [-0.25, -0.2) is 0 Å². The van der Waals surface area contributed by atoms with Crippen LogP contribution in [0.2, 0.25) is 0 Å². The molecule has 1 aliphatic heterocycles. The van der Waals surface area contributed by atoms with Gasteiger partial charge in [-0.05, 0) is 68.1 Å². The van der Waals surface area contributed by atoms with E-state index in [1.54, 1.807) is 44.2 Å². The smallest absolute Gasteiger partial charge is 0.305 e. The Hall–Kier alpha value is -5.32. The van der Waals surface area contributed by atoms with E-state index in [4.69, 9.17) is 17.2 Å². The zero-order valence-electron chi connectivity index (χ0n) is 37.3. The molecule has 1 aromatic carbocycles. The number of carbonyl (C=O) groups is 9. The molecule has 0 spiro atoms. The highest BCUT2D eigenvalue weighted by Gasteiger charge is 2.42. The summed E-state index contributed by atoms with van der Waals surface area (Å²) in [7, 11) is 0. The topological polar surface area (TPSA) is 348 Å². The van der Waals surface area contributed by atoms with Crippen molar-refractivity contribution in [3.05, 3.63) is 35.9 Å². The predicted octanol–water partition coefficient (Wildman–Crippen LogP) is -2.40. The van der Waals surface area contributed by atoms with E-state index in [9.17, 15) is 53.4 Å². The average molecular weight is 921 g/mol. The lowest BCUT2D eigenvalue weighted by Crippen LogP contribution is -2.61. The van der Waals surface area contributed by atoms with Gasteiger partial charge < -0.3 is 64.2 Å². The van der Waals surface area contributed by atoms with Crippen molar-refractivity contribution in [3.63, 3.8) is 0 Å². The first-order valence-electron chi connectivity index (χ1n) is 21.5. The zero-order valence-corrected chi connectivity index (χ0v) is 38.1. The Balaban J connectivity index is 2.26. The number of nitrogens with one attached hydrogen (secondary N) is 6. The standard InChI is InChI=1S/C42H68N10O11S/c1-23(2)19-32(40(61)46-27(35(45)56)15-18-64-5)52-17-14-28(42(52)63)47-41(62)34(24(3)4)51-38(59)29(20-25-11-7-6-8-12-25)49-39(60)31(22-53)50-37(58)30(21-33(54)55)48-36(57)26(44)13-9-10-16-43/h6-8,11-12,23-24,26-32,34,53H,9-10,13-22,43-44H2,1-5H3,(H2,45,56)(H,46,61)(H,47,62)(H,48,57)(H,49,60)(H,50,58)(H,51,59)(H,54,55)/t26-,27-,28?,29-,30-,31-,32+,34-/m0/s1. The molecule has 2 rings (SSSR count). The molecular weight excluding hydrogens is 853 g/mol. The average Bonchev–Trinajstić information content (AvgIpc) is 3.59. The minimum Gasteiger partial charge on any atom is -0.481 e. The number of carbonyl (C=O) groups excluding carboxylic acids is 8. The first-order valence-corrected chi connectivity index (χ1v) is 22.9. The SMILES string of the molecule is CSCC[C@H](NC(=O)[C@@H](CC(C)C)N1CCC(NC(=O)[C@@H](NC(=O)[C@H](Cc2ccccc2)NC(=O)[C@H](CO)NC(=O)[C@H](CC(=O)O)NC(=O)[C@@H](N)CCCCN)C(C)C)C1=O)C(N)=O. The fourth-order valence-corrected chi connectivity index (χ4v) is 7.38. The molecule has 1 saturated heterocycles. The highest BCUT2D eigenvalue weighted by Crippen LogP contribution is 2.21. The normalized spacial score (nSPS) is 17.0. The van der Waals surface area contributed by atoms with Crippen LogP contribution in [0.25, 0.3) is 0 Å². The number of nitrogens with zero attached hydrogens (tertiary/aromatic N) is 1. The second kappa shape index (κ2) is 27.8. The number of likely N-dealkylation sites (tertiary alicyclic amines) is 1. The number of carboxylic acids is 1. The number of thioether (sulfide) groups is 1. The third-order valence-electron chi connectivity index (χ3n) is 10.5. The van der Waals surface area contributed by atoms with Gasteiger partial charge in [-0.1, -0.05) is 64.4 Å². The van der Waals surface area contributed by atoms with Crippen LogP contribution in [-0.2, 0) is 49.6 Å². The number of primary amides is 1. The number of amides is 8. The summed E-state index contributed by atoms with van der Waals surface area (Å²) in [4.78, 5) is 120. The molecule has 0 saturated carbocycles. The monoisotopic (exact) mass is 920 g/mol. The number of carboxylic acid groups (broad SMARTS) is 1. The van der Waals surface area contributed by atoms with Crippen LogP contribution in [0.1, 0.15) is 78.2 Å². The van der Waals surface area contributed by atoms with Gasteiger partial charge in [0.1, 0.15) is 42.3 Å². The van der Waals surface area contributed by atoms with Crippen molar-refractivity contribution in [1.82, 2.24) is 36.8 Å². The Kier molecular flexibility index (Phi) is 23.8. The number of hydrogen-bond acceptors (Lipinski definition) is 13. The molecule has 8 atom stereocenters. The maximum atomic E-state index is 14.0. The summed E-state index contributed by atoms with van der Waals surface area (Å²) in [6.07, 6.45) is 2.91. The molecule has 1 heterocycles. The zero-order chi connectivity index (χ0) is 48.1. The van der Waals surface area contributed by atoms with Crippen LogP contribution >= 0.6 is 11.8 Å². The van der Waals surface area contributed by atoms with Gasteiger partial charge in [0.25, 0.3) is 0 Å². The largest absolute Gasteiger partial charge is 0.481 e. The number of aliphatic carboxylic acids is 1. The highest BCUT2D eigenvalue weighted by atomic mass is 32.2. The van der Waals surface area contributed by atoms with Crippen LogP contribution in [0, 0.1) is 11.8 Å². The third kappa shape index (κ3) is 18.0. The Morgan fingerprint density at radius 3 is 1.95 bits per heavy atom. The molecule has 14 N–H and O–H groups in total. The van der Waals surface area contributed by atoms with Gasteiger partial charge in [0.15, 0.2) is 0 Å². The first kappa shape index (κ1) is 54.8. The number of benzene rings is 1. The van der Waals surface area contributed by atoms with E-state index < -0.39 is 121 Å². The summed E-state index contributed by atoms with van der Waals surface area (Å²) in [5.74, 6) is -7.71. The van der Waals surface area contributed by atoms with E-state index in [1.165, 1.54) is 16.7 Å². The Morgan fingerprint density at radius 1 is 0.797 bits per heavy atom.